The maximum Gasteiger partial charge on any atom is 0.310 e. The molecule has 0 saturated heterocycles. The third-order valence-corrected chi connectivity index (χ3v) is 4.22. The fourth-order valence-electron chi connectivity index (χ4n) is 1.12. The van der Waals surface area contributed by atoms with Crippen molar-refractivity contribution in [3.8, 4) is 0 Å². The molecule has 0 bridgehead atoms. The molecule has 0 aromatic heterocycles. The quantitative estimate of drug-likeness (QED) is 0.708. The molecule has 0 aliphatic heterocycles. The number of aliphatic carboxylic acids is 1. The van der Waals surface area contributed by atoms with Gasteiger partial charge in [0.25, 0.3) is 0 Å². The number of hydrogen-bond acceptors (Lipinski definition) is 3. The highest BCUT2D eigenvalue weighted by Crippen LogP contribution is 2.20. The van der Waals surface area contributed by atoms with Gasteiger partial charge in [0.05, 0.1) is 11.2 Å². The van der Waals surface area contributed by atoms with Crippen LogP contribution in [0.25, 0.3) is 0 Å². The summed E-state index contributed by atoms with van der Waals surface area (Å²) in [5.74, 6) is -0.940. The summed E-state index contributed by atoms with van der Waals surface area (Å²) in [4.78, 5) is 11.0. The van der Waals surface area contributed by atoms with E-state index in [4.69, 9.17) is 5.11 Å². The Morgan fingerprint density at radius 3 is 2.25 bits per heavy atom. The summed E-state index contributed by atoms with van der Waals surface area (Å²) in [6, 6.07) is 0. The molecule has 0 rings (SSSR count). The first-order valence-corrected chi connectivity index (χ1v) is 6.99. The van der Waals surface area contributed by atoms with Crippen molar-refractivity contribution in [1.29, 1.82) is 0 Å². The van der Waals surface area contributed by atoms with Crippen LogP contribution in [0.15, 0.2) is 0 Å². The summed E-state index contributed by atoms with van der Waals surface area (Å²) in [5.41, 5.74) is -1.04. The summed E-state index contributed by atoms with van der Waals surface area (Å²) in [7, 11) is -3.37. The molecule has 6 heteroatoms. The van der Waals surface area contributed by atoms with Crippen LogP contribution in [0, 0.1) is 11.3 Å². The average molecular weight is 251 g/mol. The number of nitrogens with one attached hydrogen (secondary N) is 1. The highest BCUT2D eigenvalue weighted by atomic mass is 32.2. The third-order valence-electron chi connectivity index (χ3n) is 2.53. The molecule has 1 unspecified atom stereocenters. The van der Waals surface area contributed by atoms with Crippen molar-refractivity contribution in [2.45, 2.75) is 34.1 Å². The predicted octanol–water partition coefficient (Wildman–Crippen LogP) is 1.06. The minimum atomic E-state index is -3.37. The molecular weight excluding hydrogens is 230 g/mol. The number of carboxylic acids is 1. The summed E-state index contributed by atoms with van der Waals surface area (Å²) in [6.07, 6.45) is 0.381. The number of rotatable bonds is 7. The number of carbonyl (C=O) groups is 1. The normalized spacial score (nSPS) is 16.1. The topological polar surface area (TPSA) is 83.5 Å². The summed E-state index contributed by atoms with van der Waals surface area (Å²) >= 11 is 0. The van der Waals surface area contributed by atoms with Crippen LogP contribution in [0.2, 0.25) is 0 Å². The predicted molar refractivity (Wildman–Crippen MR) is 62.7 cm³/mol. The maximum absolute atomic E-state index is 11.5. The van der Waals surface area contributed by atoms with Crippen LogP contribution in [-0.2, 0) is 14.8 Å². The van der Waals surface area contributed by atoms with Gasteiger partial charge in [0.2, 0.25) is 10.0 Å². The van der Waals surface area contributed by atoms with Gasteiger partial charge in [-0.1, -0.05) is 20.8 Å². The van der Waals surface area contributed by atoms with Gasteiger partial charge in [-0.3, -0.25) is 4.79 Å². The Morgan fingerprint density at radius 1 is 1.44 bits per heavy atom. The second kappa shape index (κ2) is 5.63. The van der Waals surface area contributed by atoms with Crippen LogP contribution in [0.4, 0.5) is 0 Å². The highest BCUT2D eigenvalue weighted by Gasteiger charge is 2.32. The number of sulfonamides is 1. The summed E-state index contributed by atoms with van der Waals surface area (Å²) in [5, 5.41) is 8.98. The first-order valence-electron chi connectivity index (χ1n) is 5.33. The van der Waals surface area contributed by atoms with Crippen LogP contribution in [0.1, 0.15) is 34.1 Å². The monoisotopic (exact) mass is 251 g/mol. The largest absolute Gasteiger partial charge is 0.481 e. The Labute approximate surface area is 97.3 Å². The molecule has 5 nitrogen and oxygen atoms in total. The zero-order valence-electron chi connectivity index (χ0n) is 10.3. The SMILES string of the molecule is CCC(C)(CNS(=O)(=O)CC(C)C)C(=O)O. The molecule has 96 valence electrons. The zero-order valence-corrected chi connectivity index (χ0v) is 11.1. The van der Waals surface area contributed by atoms with E-state index in [1.54, 1.807) is 20.8 Å². The molecule has 1 atom stereocenters. The molecule has 0 aliphatic carbocycles. The van der Waals surface area contributed by atoms with E-state index in [-0.39, 0.29) is 18.2 Å². The molecule has 0 aromatic rings. The smallest absolute Gasteiger partial charge is 0.310 e. The minimum Gasteiger partial charge on any atom is -0.481 e. The van der Waals surface area contributed by atoms with E-state index in [0.717, 1.165) is 0 Å². The standard InChI is InChI=1S/C10H21NO4S/c1-5-10(4,9(12)13)7-11-16(14,15)6-8(2)3/h8,11H,5-7H2,1-4H3,(H,12,13). The van der Waals surface area contributed by atoms with Crippen molar-refractivity contribution in [3.63, 3.8) is 0 Å². The van der Waals surface area contributed by atoms with Gasteiger partial charge in [-0.25, -0.2) is 13.1 Å². The van der Waals surface area contributed by atoms with Crippen molar-refractivity contribution >= 4 is 16.0 Å². The molecular formula is C10H21NO4S. The Bertz CT molecular complexity index is 337. The maximum atomic E-state index is 11.5. The lowest BCUT2D eigenvalue weighted by Crippen LogP contribution is -2.41. The van der Waals surface area contributed by atoms with E-state index in [1.165, 1.54) is 6.92 Å². The van der Waals surface area contributed by atoms with E-state index < -0.39 is 21.4 Å². The van der Waals surface area contributed by atoms with Gasteiger partial charge < -0.3 is 5.11 Å². The molecule has 0 spiro atoms. The van der Waals surface area contributed by atoms with E-state index in [2.05, 4.69) is 4.72 Å². The van der Waals surface area contributed by atoms with Crippen LogP contribution in [-0.4, -0.2) is 31.8 Å². The highest BCUT2D eigenvalue weighted by molar-refractivity contribution is 7.89. The van der Waals surface area contributed by atoms with Gasteiger partial charge in [-0.2, -0.15) is 0 Å². The van der Waals surface area contributed by atoms with Crippen LogP contribution in [0.5, 0.6) is 0 Å². The van der Waals surface area contributed by atoms with Gasteiger partial charge in [-0.05, 0) is 19.3 Å². The van der Waals surface area contributed by atoms with Gasteiger partial charge in [0, 0.05) is 6.54 Å². The molecule has 2 N–H and O–H groups in total. The lowest BCUT2D eigenvalue weighted by molar-refractivity contribution is -0.147. The van der Waals surface area contributed by atoms with E-state index in [0.29, 0.717) is 6.42 Å². The molecule has 16 heavy (non-hydrogen) atoms. The van der Waals surface area contributed by atoms with Crippen molar-refractivity contribution in [2.75, 3.05) is 12.3 Å². The third kappa shape index (κ3) is 4.94. The van der Waals surface area contributed by atoms with E-state index in [1.807, 2.05) is 0 Å². The first kappa shape index (κ1) is 15.4. The van der Waals surface area contributed by atoms with Crippen LogP contribution >= 0.6 is 0 Å². The Balaban J connectivity index is 4.49. The lowest BCUT2D eigenvalue weighted by atomic mass is 9.88. The fraction of sp³-hybridized carbons (Fsp3) is 0.900. The van der Waals surface area contributed by atoms with E-state index in [9.17, 15) is 13.2 Å². The van der Waals surface area contributed by atoms with Crippen molar-refractivity contribution in [2.24, 2.45) is 11.3 Å². The first-order chi connectivity index (χ1) is 7.13. The average Bonchev–Trinajstić information content (AvgIpc) is 2.12. The van der Waals surface area contributed by atoms with Crippen LogP contribution in [0.3, 0.4) is 0 Å². The molecule has 0 saturated carbocycles. The molecule has 0 fully saturated rings. The van der Waals surface area contributed by atoms with Crippen LogP contribution < -0.4 is 4.72 Å². The van der Waals surface area contributed by atoms with Crippen molar-refractivity contribution in [3.05, 3.63) is 0 Å². The lowest BCUT2D eigenvalue weighted by Gasteiger charge is -2.23. The minimum absolute atomic E-state index is 0.0203. The molecule has 0 aromatic carbocycles. The molecule has 0 radical (unpaired) electrons. The Hall–Kier alpha value is -0.620. The molecule has 0 heterocycles. The second-order valence-corrected chi connectivity index (χ2v) is 6.57. The Kier molecular flexibility index (Phi) is 5.41. The fourth-order valence-corrected chi connectivity index (χ4v) is 2.65. The van der Waals surface area contributed by atoms with Gasteiger partial charge in [0.1, 0.15) is 0 Å². The van der Waals surface area contributed by atoms with Crippen molar-refractivity contribution < 1.29 is 18.3 Å². The van der Waals surface area contributed by atoms with Gasteiger partial charge >= 0.3 is 5.97 Å². The molecule has 0 amide bonds. The van der Waals surface area contributed by atoms with Gasteiger partial charge in [0.15, 0.2) is 0 Å². The van der Waals surface area contributed by atoms with E-state index >= 15 is 0 Å². The van der Waals surface area contributed by atoms with Crippen molar-refractivity contribution in [1.82, 2.24) is 4.72 Å². The zero-order chi connectivity index (χ0) is 13.0. The summed E-state index contributed by atoms with van der Waals surface area (Å²) < 4.78 is 25.4. The number of carboxylic acid groups (broad SMARTS) is 1. The summed E-state index contributed by atoms with van der Waals surface area (Å²) in [6.45, 7) is 6.80. The second-order valence-electron chi connectivity index (χ2n) is 4.72. The molecule has 0 aliphatic rings. The van der Waals surface area contributed by atoms with Gasteiger partial charge in [-0.15, -0.1) is 0 Å². The Morgan fingerprint density at radius 2 is 1.94 bits per heavy atom. The number of hydrogen-bond donors (Lipinski definition) is 2.